The van der Waals surface area contributed by atoms with Crippen molar-refractivity contribution in [3.8, 4) is 5.75 Å². The van der Waals surface area contributed by atoms with Crippen LogP contribution in [0.1, 0.15) is 38.8 Å². The predicted octanol–water partition coefficient (Wildman–Crippen LogP) is 2.45. The summed E-state index contributed by atoms with van der Waals surface area (Å²) in [5, 5.41) is 11.5. The van der Waals surface area contributed by atoms with E-state index >= 15 is 4.39 Å². The molecule has 5 nitrogen and oxygen atoms in total. The zero-order valence-electron chi connectivity index (χ0n) is 14.2. The van der Waals surface area contributed by atoms with E-state index in [2.05, 4.69) is 0 Å². The molecule has 0 bridgehead atoms. The minimum atomic E-state index is -0.379. The molecule has 1 aromatic rings. The Labute approximate surface area is 136 Å². The van der Waals surface area contributed by atoms with Crippen molar-refractivity contribution in [2.24, 2.45) is 0 Å². The third-order valence-electron chi connectivity index (χ3n) is 4.37. The summed E-state index contributed by atoms with van der Waals surface area (Å²) in [6.07, 6.45) is 0.0389. The number of nitrogens with zero attached hydrogens (tertiary/aromatic N) is 2. The predicted molar refractivity (Wildman–Crippen MR) is 85.9 cm³/mol. The average molecular weight is 324 g/mol. The molecular weight excluding hydrogens is 299 g/mol. The fourth-order valence-corrected chi connectivity index (χ4v) is 3.38. The summed E-state index contributed by atoms with van der Waals surface area (Å²) < 4.78 is 20.9. The van der Waals surface area contributed by atoms with Crippen molar-refractivity contribution >= 4 is 5.69 Å². The molecular formula is C17H25FN2O3. The lowest BCUT2D eigenvalue weighted by Crippen LogP contribution is -2.46. The number of hydroxylamine groups is 2. The van der Waals surface area contributed by atoms with E-state index in [0.717, 1.165) is 5.56 Å². The smallest absolute Gasteiger partial charge is 0.191 e. The van der Waals surface area contributed by atoms with E-state index in [1.54, 1.807) is 5.06 Å². The number of benzene rings is 1. The van der Waals surface area contributed by atoms with Gasteiger partial charge in [0.2, 0.25) is 0 Å². The first-order valence-electron chi connectivity index (χ1n) is 8.20. The first-order chi connectivity index (χ1) is 10.9. The summed E-state index contributed by atoms with van der Waals surface area (Å²) in [5.74, 6) is -0.0892. The molecule has 1 N–H and O–H groups in total. The lowest BCUT2D eigenvalue weighted by molar-refractivity contribution is -0.0727. The highest BCUT2D eigenvalue weighted by Gasteiger charge is 2.33. The Bertz CT molecular complexity index is 584. The van der Waals surface area contributed by atoms with E-state index in [1.165, 1.54) is 0 Å². The quantitative estimate of drug-likeness (QED) is 0.925. The van der Waals surface area contributed by atoms with E-state index in [0.29, 0.717) is 30.9 Å². The zero-order valence-corrected chi connectivity index (χ0v) is 14.2. The van der Waals surface area contributed by atoms with Gasteiger partial charge in [-0.3, -0.25) is 0 Å². The molecule has 1 aromatic carbocycles. The largest absolute Gasteiger partial charge is 0.402 e. The van der Waals surface area contributed by atoms with Gasteiger partial charge in [-0.2, -0.15) is 0 Å². The van der Waals surface area contributed by atoms with E-state index < -0.39 is 0 Å². The molecule has 0 saturated carbocycles. The maximum Gasteiger partial charge on any atom is 0.191 e. The summed E-state index contributed by atoms with van der Waals surface area (Å²) in [6.45, 7) is 9.50. The highest BCUT2D eigenvalue weighted by Crippen LogP contribution is 2.40. The van der Waals surface area contributed by atoms with Crippen LogP contribution in [0.15, 0.2) is 6.07 Å². The number of fused-ring (bicyclic) bond motifs is 1. The minimum Gasteiger partial charge on any atom is -0.402 e. The Morgan fingerprint density at radius 3 is 2.52 bits per heavy atom. The summed E-state index contributed by atoms with van der Waals surface area (Å²) in [6, 6.07) is 2.02. The maximum absolute atomic E-state index is 15.2. The number of rotatable bonds is 3. The molecule has 3 rings (SSSR count). The molecule has 0 spiro atoms. The molecule has 23 heavy (non-hydrogen) atoms. The Hall–Kier alpha value is -1.37. The van der Waals surface area contributed by atoms with Crippen LogP contribution in [0, 0.1) is 5.82 Å². The second-order valence-corrected chi connectivity index (χ2v) is 6.77. The van der Waals surface area contributed by atoms with Crippen molar-refractivity contribution < 1.29 is 19.1 Å². The van der Waals surface area contributed by atoms with Crippen molar-refractivity contribution in [2.75, 3.05) is 18.0 Å². The molecule has 0 aromatic heterocycles. The van der Waals surface area contributed by atoms with Crippen LogP contribution in [0.4, 0.5) is 10.1 Å². The Kier molecular flexibility index (Phi) is 4.49. The number of aliphatic hydroxyl groups is 1. The number of halogens is 1. The lowest BCUT2D eigenvalue weighted by Gasteiger charge is -2.38. The standard InChI is InChI=1S/C17H25FN2O3/c1-10(2)20-8-13-5-14(9-21)16(15(18)17(13)23-20)19-6-11(3)22-12(4)7-19/h5,10-12,21H,6-9H2,1-4H3/t11-,12+. The number of anilines is 1. The Morgan fingerprint density at radius 2 is 1.96 bits per heavy atom. The van der Waals surface area contributed by atoms with Crippen molar-refractivity contribution in [1.29, 1.82) is 0 Å². The Balaban J connectivity index is 2.00. The van der Waals surface area contributed by atoms with Gasteiger partial charge in [-0.1, -0.05) is 0 Å². The summed E-state index contributed by atoms with van der Waals surface area (Å²) in [7, 11) is 0. The third-order valence-corrected chi connectivity index (χ3v) is 4.37. The number of morpholine rings is 1. The van der Waals surface area contributed by atoms with Gasteiger partial charge in [0.05, 0.1) is 31.0 Å². The fraction of sp³-hybridized carbons (Fsp3) is 0.647. The lowest BCUT2D eigenvalue weighted by atomic mass is 10.0. The van der Waals surface area contributed by atoms with Crippen molar-refractivity contribution in [1.82, 2.24) is 5.06 Å². The average Bonchev–Trinajstić information content (AvgIpc) is 2.90. The third kappa shape index (κ3) is 3.03. The van der Waals surface area contributed by atoms with Crippen LogP contribution in [-0.4, -0.2) is 41.5 Å². The molecule has 2 aliphatic rings. The van der Waals surface area contributed by atoms with Gasteiger partial charge in [0.15, 0.2) is 11.6 Å². The molecule has 2 atom stereocenters. The van der Waals surface area contributed by atoms with Crippen LogP contribution in [-0.2, 0) is 17.9 Å². The van der Waals surface area contributed by atoms with Crippen LogP contribution in [0.2, 0.25) is 0 Å². The maximum atomic E-state index is 15.2. The monoisotopic (exact) mass is 324 g/mol. The molecule has 0 radical (unpaired) electrons. The number of ether oxygens (including phenoxy) is 1. The van der Waals surface area contributed by atoms with Crippen LogP contribution >= 0.6 is 0 Å². The molecule has 128 valence electrons. The van der Waals surface area contributed by atoms with Gasteiger partial charge in [-0.05, 0) is 33.8 Å². The highest BCUT2D eigenvalue weighted by atomic mass is 19.1. The minimum absolute atomic E-state index is 0.0195. The van der Waals surface area contributed by atoms with Gasteiger partial charge in [0.1, 0.15) is 0 Å². The highest BCUT2D eigenvalue weighted by molar-refractivity contribution is 5.62. The SMILES string of the molecule is CC(C)N1Cc2cc(CO)c(N3C[C@@H](C)O[C@@H](C)C3)c(F)c2O1. The summed E-state index contributed by atoms with van der Waals surface area (Å²) in [4.78, 5) is 7.66. The molecule has 6 heteroatoms. The van der Waals surface area contributed by atoms with Crippen molar-refractivity contribution in [2.45, 2.75) is 59.1 Å². The van der Waals surface area contributed by atoms with E-state index in [-0.39, 0.29) is 36.4 Å². The molecule has 1 fully saturated rings. The van der Waals surface area contributed by atoms with Gasteiger partial charge in [-0.25, -0.2) is 4.39 Å². The first kappa shape index (κ1) is 16.5. The summed E-state index contributed by atoms with van der Waals surface area (Å²) >= 11 is 0. The topological polar surface area (TPSA) is 45.2 Å². The number of hydrogen-bond donors (Lipinski definition) is 1. The van der Waals surface area contributed by atoms with E-state index in [9.17, 15) is 5.11 Å². The molecule has 2 aliphatic heterocycles. The number of hydrogen-bond acceptors (Lipinski definition) is 5. The second-order valence-electron chi connectivity index (χ2n) is 6.77. The summed E-state index contributed by atoms with van der Waals surface area (Å²) in [5.41, 5.74) is 1.84. The van der Waals surface area contributed by atoms with Crippen LogP contribution in [0.5, 0.6) is 5.75 Å². The first-order valence-corrected chi connectivity index (χ1v) is 8.20. The van der Waals surface area contributed by atoms with Gasteiger partial charge in [-0.15, -0.1) is 5.06 Å². The van der Waals surface area contributed by atoms with E-state index in [4.69, 9.17) is 9.57 Å². The van der Waals surface area contributed by atoms with Crippen molar-refractivity contribution in [3.63, 3.8) is 0 Å². The Morgan fingerprint density at radius 1 is 1.30 bits per heavy atom. The molecule has 2 heterocycles. The van der Waals surface area contributed by atoms with Gasteiger partial charge < -0.3 is 19.6 Å². The number of aliphatic hydroxyl groups excluding tert-OH is 1. The normalized spacial score (nSPS) is 24.9. The second kappa shape index (κ2) is 6.26. The zero-order chi connectivity index (χ0) is 16.7. The molecule has 0 aliphatic carbocycles. The van der Waals surface area contributed by atoms with Crippen LogP contribution in [0.3, 0.4) is 0 Å². The van der Waals surface area contributed by atoms with Gasteiger partial charge >= 0.3 is 0 Å². The van der Waals surface area contributed by atoms with E-state index in [1.807, 2.05) is 38.7 Å². The fourth-order valence-electron chi connectivity index (χ4n) is 3.38. The van der Waals surface area contributed by atoms with Crippen molar-refractivity contribution in [3.05, 3.63) is 23.0 Å². The van der Waals surface area contributed by atoms with Gasteiger partial charge in [0, 0.05) is 30.3 Å². The van der Waals surface area contributed by atoms with Gasteiger partial charge in [0.25, 0.3) is 0 Å². The molecule has 0 unspecified atom stereocenters. The van der Waals surface area contributed by atoms with Crippen LogP contribution in [0.25, 0.3) is 0 Å². The molecule has 0 amide bonds. The molecule has 1 saturated heterocycles. The van der Waals surface area contributed by atoms with Crippen LogP contribution < -0.4 is 9.74 Å².